The fraction of sp³-hybridized carbons (Fsp3) is 1.00. The SMILES string of the molecule is COC(C)CS(=O)(=O)NCCC1CCNC1. The summed E-state index contributed by atoms with van der Waals surface area (Å²) >= 11 is 0. The van der Waals surface area contributed by atoms with E-state index in [2.05, 4.69) is 10.0 Å². The Balaban J connectivity index is 2.19. The van der Waals surface area contributed by atoms with Gasteiger partial charge in [-0.05, 0) is 38.8 Å². The second kappa shape index (κ2) is 6.54. The number of hydrogen-bond donors (Lipinski definition) is 2. The molecule has 0 aromatic heterocycles. The second-order valence-corrected chi connectivity index (χ2v) is 6.22. The highest BCUT2D eigenvalue weighted by Gasteiger charge is 2.17. The summed E-state index contributed by atoms with van der Waals surface area (Å²) in [5.74, 6) is 0.648. The second-order valence-electron chi connectivity index (χ2n) is 4.37. The van der Waals surface area contributed by atoms with E-state index in [1.165, 1.54) is 7.11 Å². The monoisotopic (exact) mass is 250 g/mol. The molecule has 96 valence electrons. The lowest BCUT2D eigenvalue weighted by Gasteiger charge is -2.12. The first-order chi connectivity index (χ1) is 7.53. The molecule has 16 heavy (non-hydrogen) atoms. The van der Waals surface area contributed by atoms with Gasteiger partial charge >= 0.3 is 0 Å². The molecule has 0 aromatic carbocycles. The topological polar surface area (TPSA) is 67.4 Å². The molecule has 0 aromatic rings. The minimum absolute atomic E-state index is 0.0341. The maximum atomic E-state index is 11.6. The third-order valence-corrected chi connectivity index (χ3v) is 4.45. The molecule has 2 N–H and O–H groups in total. The molecule has 0 amide bonds. The largest absolute Gasteiger partial charge is 0.381 e. The average molecular weight is 250 g/mol. The van der Waals surface area contributed by atoms with Gasteiger partial charge in [0.25, 0.3) is 0 Å². The lowest BCUT2D eigenvalue weighted by Crippen LogP contribution is -2.33. The summed E-state index contributed by atoms with van der Waals surface area (Å²) in [5.41, 5.74) is 0. The Morgan fingerprint density at radius 3 is 2.88 bits per heavy atom. The molecular weight excluding hydrogens is 228 g/mol. The van der Waals surface area contributed by atoms with Crippen LogP contribution in [0.4, 0.5) is 0 Å². The van der Waals surface area contributed by atoms with Crippen molar-refractivity contribution in [3.63, 3.8) is 0 Å². The molecule has 0 radical (unpaired) electrons. The minimum Gasteiger partial charge on any atom is -0.381 e. The van der Waals surface area contributed by atoms with E-state index in [1.807, 2.05) is 0 Å². The zero-order valence-corrected chi connectivity index (χ0v) is 10.8. The van der Waals surface area contributed by atoms with E-state index in [9.17, 15) is 8.42 Å². The van der Waals surface area contributed by atoms with Crippen molar-refractivity contribution in [3.05, 3.63) is 0 Å². The first kappa shape index (κ1) is 13.9. The molecule has 1 aliphatic rings. The van der Waals surface area contributed by atoms with Gasteiger partial charge in [0.05, 0.1) is 11.9 Å². The van der Waals surface area contributed by atoms with E-state index in [-0.39, 0.29) is 11.9 Å². The van der Waals surface area contributed by atoms with Crippen LogP contribution in [0.25, 0.3) is 0 Å². The Kier molecular flexibility index (Phi) is 5.68. The molecule has 1 aliphatic heterocycles. The fourth-order valence-corrected chi connectivity index (χ4v) is 3.12. The maximum Gasteiger partial charge on any atom is 0.214 e. The number of ether oxygens (including phenoxy) is 1. The highest BCUT2D eigenvalue weighted by Crippen LogP contribution is 2.11. The van der Waals surface area contributed by atoms with Crippen LogP contribution >= 0.6 is 0 Å². The third-order valence-electron chi connectivity index (χ3n) is 2.89. The summed E-state index contributed by atoms with van der Waals surface area (Å²) in [4.78, 5) is 0. The smallest absolute Gasteiger partial charge is 0.214 e. The van der Waals surface area contributed by atoms with Gasteiger partial charge in [-0.2, -0.15) is 0 Å². The van der Waals surface area contributed by atoms with Crippen LogP contribution in [0.2, 0.25) is 0 Å². The van der Waals surface area contributed by atoms with E-state index < -0.39 is 10.0 Å². The summed E-state index contributed by atoms with van der Waals surface area (Å²) in [6, 6.07) is 0. The van der Waals surface area contributed by atoms with E-state index in [0.717, 1.165) is 25.9 Å². The molecule has 0 aliphatic carbocycles. The van der Waals surface area contributed by atoms with Crippen LogP contribution in [0.15, 0.2) is 0 Å². The maximum absolute atomic E-state index is 11.6. The predicted molar refractivity (Wildman–Crippen MR) is 63.9 cm³/mol. The first-order valence-corrected chi connectivity index (χ1v) is 7.39. The van der Waals surface area contributed by atoms with Gasteiger partial charge in [-0.25, -0.2) is 13.1 Å². The molecule has 0 saturated carbocycles. The van der Waals surface area contributed by atoms with Crippen LogP contribution in [0.3, 0.4) is 0 Å². The fourth-order valence-electron chi connectivity index (χ4n) is 1.82. The average Bonchev–Trinajstić information content (AvgIpc) is 2.69. The van der Waals surface area contributed by atoms with Crippen LogP contribution in [0.1, 0.15) is 19.8 Å². The molecule has 0 spiro atoms. The Hall–Kier alpha value is -0.170. The van der Waals surface area contributed by atoms with E-state index >= 15 is 0 Å². The Labute approximate surface area is 98.0 Å². The van der Waals surface area contributed by atoms with Crippen LogP contribution in [0.5, 0.6) is 0 Å². The summed E-state index contributed by atoms with van der Waals surface area (Å²) < 4.78 is 30.7. The molecule has 2 atom stereocenters. The van der Waals surface area contributed by atoms with E-state index in [1.54, 1.807) is 6.92 Å². The molecule has 0 bridgehead atoms. The van der Waals surface area contributed by atoms with Crippen molar-refractivity contribution in [2.75, 3.05) is 32.5 Å². The zero-order chi connectivity index (χ0) is 12.0. The number of rotatable bonds is 7. The highest BCUT2D eigenvalue weighted by atomic mass is 32.2. The van der Waals surface area contributed by atoms with Gasteiger partial charge in [-0.15, -0.1) is 0 Å². The van der Waals surface area contributed by atoms with Crippen LogP contribution in [0, 0.1) is 5.92 Å². The summed E-state index contributed by atoms with van der Waals surface area (Å²) in [6.45, 7) is 4.35. The molecule has 1 saturated heterocycles. The first-order valence-electron chi connectivity index (χ1n) is 5.74. The Bertz CT molecular complexity index is 286. The van der Waals surface area contributed by atoms with Crippen molar-refractivity contribution in [1.82, 2.24) is 10.0 Å². The predicted octanol–water partition coefficient (Wildman–Crippen LogP) is -0.0597. The van der Waals surface area contributed by atoms with Gasteiger partial charge in [0.1, 0.15) is 0 Å². The van der Waals surface area contributed by atoms with Crippen molar-refractivity contribution >= 4 is 10.0 Å². The number of hydrogen-bond acceptors (Lipinski definition) is 4. The van der Waals surface area contributed by atoms with Gasteiger partial charge < -0.3 is 10.1 Å². The molecule has 5 nitrogen and oxygen atoms in total. The lowest BCUT2D eigenvalue weighted by atomic mass is 10.1. The van der Waals surface area contributed by atoms with E-state index in [0.29, 0.717) is 12.5 Å². The van der Waals surface area contributed by atoms with Crippen molar-refractivity contribution in [1.29, 1.82) is 0 Å². The quantitative estimate of drug-likeness (QED) is 0.664. The van der Waals surface area contributed by atoms with Gasteiger partial charge in [-0.1, -0.05) is 0 Å². The van der Waals surface area contributed by atoms with Gasteiger partial charge in [0.15, 0.2) is 0 Å². The normalized spacial score (nSPS) is 23.5. The highest BCUT2D eigenvalue weighted by molar-refractivity contribution is 7.89. The van der Waals surface area contributed by atoms with Gasteiger partial charge in [0, 0.05) is 13.7 Å². The summed E-state index contributed by atoms with van der Waals surface area (Å²) in [6.07, 6.45) is 1.80. The molecule has 1 fully saturated rings. The standard InChI is InChI=1S/C10H22N2O3S/c1-9(15-2)8-16(13,14)12-6-4-10-3-5-11-7-10/h9-12H,3-8H2,1-2H3. The third kappa shape index (κ3) is 5.25. The molecule has 2 unspecified atom stereocenters. The Morgan fingerprint density at radius 2 is 2.31 bits per heavy atom. The number of sulfonamides is 1. The molecule has 1 heterocycles. The van der Waals surface area contributed by atoms with Gasteiger partial charge in [0.2, 0.25) is 10.0 Å². The summed E-state index contributed by atoms with van der Waals surface area (Å²) in [5, 5.41) is 3.26. The van der Waals surface area contributed by atoms with E-state index in [4.69, 9.17) is 4.74 Å². The number of nitrogens with one attached hydrogen (secondary N) is 2. The minimum atomic E-state index is -3.18. The van der Waals surface area contributed by atoms with Crippen molar-refractivity contribution in [2.45, 2.75) is 25.9 Å². The van der Waals surface area contributed by atoms with Gasteiger partial charge in [-0.3, -0.25) is 0 Å². The summed E-state index contributed by atoms with van der Waals surface area (Å²) in [7, 11) is -1.66. The molecular formula is C10H22N2O3S. The number of methoxy groups -OCH3 is 1. The van der Waals surface area contributed by atoms with Crippen LogP contribution < -0.4 is 10.0 Å². The molecule has 1 rings (SSSR count). The van der Waals surface area contributed by atoms with Crippen molar-refractivity contribution in [2.24, 2.45) is 5.92 Å². The lowest BCUT2D eigenvalue weighted by molar-refractivity contribution is 0.136. The Morgan fingerprint density at radius 1 is 1.56 bits per heavy atom. The van der Waals surface area contributed by atoms with Crippen LogP contribution in [-0.4, -0.2) is 47.0 Å². The van der Waals surface area contributed by atoms with Crippen molar-refractivity contribution < 1.29 is 13.2 Å². The van der Waals surface area contributed by atoms with Crippen LogP contribution in [-0.2, 0) is 14.8 Å². The zero-order valence-electron chi connectivity index (χ0n) is 10.0. The van der Waals surface area contributed by atoms with Crippen molar-refractivity contribution in [3.8, 4) is 0 Å². The molecule has 6 heteroatoms.